The summed E-state index contributed by atoms with van der Waals surface area (Å²) in [5.41, 5.74) is 0. The zero-order chi connectivity index (χ0) is 10.1. The molecule has 2 rings (SSSR count). The first kappa shape index (κ1) is 10.9. The van der Waals surface area contributed by atoms with Gasteiger partial charge >= 0.3 is 0 Å². The third-order valence-corrected chi connectivity index (χ3v) is 4.75. The molecule has 1 atom stereocenters. The molecule has 0 aromatic carbocycles. The molecule has 0 saturated heterocycles. The maximum atomic E-state index is 9.80. The maximum Gasteiger partial charge on any atom is 0.107 e. The normalized spacial score (nSPS) is 18.5. The van der Waals surface area contributed by atoms with E-state index in [4.69, 9.17) is 11.6 Å². The second-order valence-corrected chi connectivity index (χ2v) is 6.01. The second-order valence-electron chi connectivity index (χ2n) is 3.47. The number of aliphatic hydroxyl groups excluding tert-OH is 1. The van der Waals surface area contributed by atoms with Crippen LogP contribution in [-0.4, -0.2) is 17.7 Å². The second kappa shape index (κ2) is 4.49. The Labute approximate surface area is 100 Å². The molecule has 0 bridgehead atoms. The Morgan fingerprint density at radius 2 is 2.43 bits per heavy atom. The van der Waals surface area contributed by atoms with Crippen LogP contribution in [0.5, 0.6) is 0 Å². The van der Waals surface area contributed by atoms with Crippen LogP contribution in [0, 0.1) is 0 Å². The van der Waals surface area contributed by atoms with Gasteiger partial charge in [0.1, 0.15) is 10.4 Å². The lowest BCUT2D eigenvalue weighted by atomic mass is 10.3. The van der Waals surface area contributed by atoms with E-state index in [1.165, 1.54) is 24.2 Å². The minimum absolute atomic E-state index is 0.440. The van der Waals surface area contributed by atoms with Gasteiger partial charge in [0.25, 0.3) is 0 Å². The van der Waals surface area contributed by atoms with Crippen molar-refractivity contribution in [2.45, 2.75) is 25.0 Å². The fraction of sp³-hybridized carbons (Fsp3) is 0.556. The van der Waals surface area contributed by atoms with E-state index >= 15 is 0 Å². The summed E-state index contributed by atoms with van der Waals surface area (Å²) in [6, 6.07) is 2.51. The summed E-state index contributed by atoms with van der Waals surface area (Å²) >= 11 is 10.6. The van der Waals surface area contributed by atoms with E-state index in [1.54, 1.807) is 0 Å². The summed E-state index contributed by atoms with van der Waals surface area (Å²) in [5.74, 6) is 0. The maximum absolute atomic E-state index is 9.80. The zero-order valence-electron chi connectivity index (χ0n) is 7.46. The van der Waals surface area contributed by atoms with Crippen LogP contribution in [0.25, 0.3) is 0 Å². The van der Waals surface area contributed by atoms with Gasteiger partial charge in [-0.25, -0.2) is 0 Å². The average Bonchev–Trinajstić information content (AvgIpc) is 2.91. The molecule has 2 nitrogen and oxygen atoms in total. The van der Waals surface area contributed by atoms with Crippen LogP contribution in [0.15, 0.2) is 10.5 Å². The van der Waals surface area contributed by atoms with E-state index in [0.717, 1.165) is 9.35 Å². The first-order valence-corrected chi connectivity index (χ1v) is 6.51. The molecular formula is C9H11BrClNOS. The Kier molecular flexibility index (Phi) is 3.50. The van der Waals surface area contributed by atoms with Gasteiger partial charge in [0.15, 0.2) is 0 Å². The number of aliphatic hydroxyl groups is 1. The minimum Gasteiger partial charge on any atom is -0.386 e. The van der Waals surface area contributed by atoms with Gasteiger partial charge in [-0.15, -0.1) is 11.3 Å². The third-order valence-electron chi connectivity index (χ3n) is 2.17. The van der Waals surface area contributed by atoms with Crippen LogP contribution in [0.2, 0.25) is 4.34 Å². The van der Waals surface area contributed by atoms with Gasteiger partial charge in [-0.1, -0.05) is 11.6 Å². The fourth-order valence-electron chi connectivity index (χ4n) is 1.19. The summed E-state index contributed by atoms with van der Waals surface area (Å²) in [4.78, 5) is 0.912. The smallest absolute Gasteiger partial charge is 0.107 e. The summed E-state index contributed by atoms with van der Waals surface area (Å²) < 4.78 is 1.56. The Morgan fingerprint density at radius 1 is 1.71 bits per heavy atom. The fourth-order valence-corrected chi connectivity index (χ4v) is 2.92. The van der Waals surface area contributed by atoms with Crippen molar-refractivity contribution < 1.29 is 5.11 Å². The summed E-state index contributed by atoms with van der Waals surface area (Å²) in [7, 11) is 0. The van der Waals surface area contributed by atoms with Gasteiger partial charge in [-0.05, 0) is 34.8 Å². The summed E-state index contributed by atoms with van der Waals surface area (Å²) in [6.45, 7) is 0.619. The van der Waals surface area contributed by atoms with Crippen molar-refractivity contribution >= 4 is 38.9 Å². The molecule has 1 aliphatic carbocycles. The van der Waals surface area contributed by atoms with Gasteiger partial charge in [0.2, 0.25) is 0 Å². The Morgan fingerprint density at radius 3 is 2.93 bits per heavy atom. The SMILES string of the molecule is OC(CNC1CC1)c1cc(Br)c(Cl)s1. The van der Waals surface area contributed by atoms with Crippen LogP contribution in [-0.2, 0) is 0 Å². The zero-order valence-corrected chi connectivity index (χ0v) is 10.6. The van der Waals surface area contributed by atoms with Crippen LogP contribution in [0.3, 0.4) is 0 Å². The van der Waals surface area contributed by atoms with Gasteiger partial charge in [-0.3, -0.25) is 0 Å². The van der Waals surface area contributed by atoms with Crippen molar-refractivity contribution in [3.05, 3.63) is 19.8 Å². The lowest BCUT2D eigenvalue weighted by molar-refractivity contribution is 0.178. The number of halogens is 2. The number of rotatable bonds is 4. The third kappa shape index (κ3) is 2.70. The molecule has 0 aliphatic heterocycles. The molecule has 1 fully saturated rings. The van der Waals surface area contributed by atoms with E-state index in [1.807, 2.05) is 6.07 Å². The average molecular weight is 297 g/mol. The predicted molar refractivity (Wildman–Crippen MR) is 63.0 cm³/mol. The number of hydrogen-bond donors (Lipinski definition) is 2. The van der Waals surface area contributed by atoms with Crippen molar-refractivity contribution in [3.8, 4) is 0 Å². The van der Waals surface area contributed by atoms with Crippen LogP contribution >= 0.6 is 38.9 Å². The molecule has 2 N–H and O–H groups in total. The molecule has 14 heavy (non-hydrogen) atoms. The van der Waals surface area contributed by atoms with E-state index in [2.05, 4.69) is 21.2 Å². The van der Waals surface area contributed by atoms with E-state index < -0.39 is 6.10 Å². The largest absolute Gasteiger partial charge is 0.386 e. The highest BCUT2D eigenvalue weighted by molar-refractivity contribution is 9.10. The number of thiophene rings is 1. The van der Waals surface area contributed by atoms with Crippen molar-refractivity contribution in [2.75, 3.05) is 6.54 Å². The Balaban J connectivity index is 1.91. The van der Waals surface area contributed by atoms with Crippen molar-refractivity contribution in [3.63, 3.8) is 0 Å². The highest BCUT2D eigenvalue weighted by atomic mass is 79.9. The van der Waals surface area contributed by atoms with Gasteiger partial charge in [0, 0.05) is 21.9 Å². The van der Waals surface area contributed by atoms with Crippen LogP contribution in [0.4, 0.5) is 0 Å². The van der Waals surface area contributed by atoms with E-state index in [0.29, 0.717) is 16.9 Å². The first-order chi connectivity index (χ1) is 6.66. The molecule has 0 spiro atoms. The predicted octanol–water partition coefficient (Wildman–Crippen LogP) is 2.95. The highest BCUT2D eigenvalue weighted by Gasteiger charge is 2.22. The first-order valence-electron chi connectivity index (χ1n) is 4.53. The Hall–Kier alpha value is 0.390. The lowest BCUT2D eigenvalue weighted by Gasteiger charge is -2.08. The van der Waals surface area contributed by atoms with Gasteiger partial charge in [0.05, 0.1) is 0 Å². The standard InChI is InChI=1S/C9H11BrClNOS/c10-6-3-8(14-9(6)11)7(13)4-12-5-1-2-5/h3,5,7,12-13H,1-2,4H2. The van der Waals surface area contributed by atoms with E-state index in [-0.39, 0.29) is 0 Å². The minimum atomic E-state index is -0.440. The lowest BCUT2D eigenvalue weighted by Crippen LogP contribution is -2.22. The quantitative estimate of drug-likeness (QED) is 0.895. The molecule has 1 saturated carbocycles. The molecule has 0 radical (unpaired) electrons. The molecule has 1 aromatic rings. The topological polar surface area (TPSA) is 32.3 Å². The van der Waals surface area contributed by atoms with Crippen molar-refractivity contribution in [2.24, 2.45) is 0 Å². The summed E-state index contributed by atoms with van der Waals surface area (Å²) in [5, 5.41) is 13.1. The van der Waals surface area contributed by atoms with Crippen LogP contribution in [0.1, 0.15) is 23.8 Å². The Bertz CT molecular complexity index is 307. The molecule has 1 aliphatic rings. The van der Waals surface area contributed by atoms with Crippen molar-refractivity contribution in [1.82, 2.24) is 5.32 Å². The summed E-state index contributed by atoms with van der Waals surface area (Å²) in [6.07, 6.45) is 2.04. The molecule has 78 valence electrons. The van der Waals surface area contributed by atoms with Crippen molar-refractivity contribution in [1.29, 1.82) is 0 Å². The molecule has 5 heteroatoms. The molecule has 1 heterocycles. The van der Waals surface area contributed by atoms with Crippen LogP contribution < -0.4 is 5.32 Å². The molecule has 1 unspecified atom stereocenters. The number of nitrogens with one attached hydrogen (secondary N) is 1. The van der Waals surface area contributed by atoms with Gasteiger partial charge in [-0.2, -0.15) is 0 Å². The van der Waals surface area contributed by atoms with Gasteiger partial charge < -0.3 is 10.4 Å². The monoisotopic (exact) mass is 295 g/mol. The molecular weight excluding hydrogens is 286 g/mol. The number of hydrogen-bond acceptors (Lipinski definition) is 3. The highest BCUT2D eigenvalue weighted by Crippen LogP contribution is 2.35. The van der Waals surface area contributed by atoms with E-state index in [9.17, 15) is 5.11 Å². The molecule has 1 aromatic heterocycles. The molecule has 0 amide bonds.